The molecule has 1 aromatic carbocycles. The van der Waals surface area contributed by atoms with Gasteiger partial charge in [0, 0.05) is 30.3 Å². The van der Waals surface area contributed by atoms with Crippen LogP contribution >= 0.6 is 11.6 Å². The van der Waals surface area contributed by atoms with Crippen LogP contribution in [0.5, 0.6) is 0 Å². The fourth-order valence-corrected chi connectivity index (χ4v) is 2.38. The Morgan fingerprint density at radius 2 is 2.38 bits per heavy atom. The van der Waals surface area contributed by atoms with E-state index in [4.69, 9.17) is 11.6 Å². The maximum Gasteiger partial charge on any atom is 0.0426 e. The smallest absolute Gasteiger partial charge is 0.0426 e. The first kappa shape index (κ1) is 11.7. The molecule has 1 aliphatic heterocycles. The van der Waals surface area contributed by atoms with Crippen LogP contribution in [0.25, 0.3) is 0 Å². The summed E-state index contributed by atoms with van der Waals surface area (Å²) >= 11 is 5.98. The summed E-state index contributed by atoms with van der Waals surface area (Å²) in [7, 11) is 2.13. The highest BCUT2D eigenvalue weighted by molar-refractivity contribution is 6.30. The molecule has 0 aliphatic carbocycles. The fourth-order valence-electron chi connectivity index (χ4n) is 2.20. The van der Waals surface area contributed by atoms with Crippen molar-refractivity contribution in [2.45, 2.75) is 25.3 Å². The molecule has 1 fully saturated rings. The van der Waals surface area contributed by atoms with Gasteiger partial charge in [-0.3, -0.25) is 0 Å². The summed E-state index contributed by atoms with van der Waals surface area (Å²) in [6, 6.07) is 8.75. The van der Waals surface area contributed by atoms with Crippen molar-refractivity contribution in [2.24, 2.45) is 0 Å². The van der Waals surface area contributed by atoms with Gasteiger partial charge in [0.1, 0.15) is 0 Å². The largest absolute Gasteiger partial charge is 0.374 e. The van der Waals surface area contributed by atoms with Crippen LogP contribution in [0.2, 0.25) is 5.02 Å². The zero-order chi connectivity index (χ0) is 11.4. The highest BCUT2D eigenvalue weighted by Crippen LogP contribution is 2.19. The molecule has 88 valence electrons. The molecule has 1 atom stereocenters. The highest BCUT2D eigenvalue weighted by atomic mass is 35.5. The maximum absolute atomic E-state index is 5.98. The summed E-state index contributed by atoms with van der Waals surface area (Å²) in [4.78, 5) is 2.27. The topological polar surface area (TPSA) is 15.3 Å². The molecule has 1 heterocycles. The third-order valence-corrected chi connectivity index (χ3v) is 3.46. The molecule has 0 amide bonds. The van der Waals surface area contributed by atoms with Crippen LogP contribution in [0.3, 0.4) is 0 Å². The van der Waals surface area contributed by atoms with Crippen LogP contribution in [-0.4, -0.2) is 26.2 Å². The van der Waals surface area contributed by atoms with E-state index < -0.39 is 0 Å². The maximum atomic E-state index is 5.98. The minimum absolute atomic E-state index is 0.710. The van der Waals surface area contributed by atoms with Gasteiger partial charge < -0.3 is 10.2 Å². The number of anilines is 1. The van der Waals surface area contributed by atoms with E-state index in [0.717, 1.165) is 11.6 Å². The first-order valence-corrected chi connectivity index (χ1v) is 6.33. The first-order chi connectivity index (χ1) is 7.75. The third kappa shape index (κ3) is 3.13. The summed E-state index contributed by atoms with van der Waals surface area (Å²) in [5.41, 5.74) is 1.20. The number of rotatable bonds is 4. The number of halogens is 1. The molecular formula is C13H19ClN2. The number of hydrogen-bond acceptors (Lipinski definition) is 2. The summed E-state index contributed by atoms with van der Waals surface area (Å²) in [5.74, 6) is 0. The van der Waals surface area contributed by atoms with Crippen molar-refractivity contribution < 1.29 is 0 Å². The van der Waals surface area contributed by atoms with Crippen molar-refractivity contribution in [3.05, 3.63) is 29.3 Å². The molecular weight excluding hydrogens is 220 g/mol. The van der Waals surface area contributed by atoms with Crippen LogP contribution in [-0.2, 0) is 0 Å². The monoisotopic (exact) mass is 238 g/mol. The molecule has 16 heavy (non-hydrogen) atoms. The average molecular weight is 239 g/mol. The van der Waals surface area contributed by atoms with Crippen LogP contribution in [0.4, 0.5) is 5.69 Å². The number of hydrogen-bond donors (Lipinski definition) is 1. The van der Waals surface area contributed by atoms with Gasteiger partial charge >= 0.3 is 0 Å². The lowest BCUT2D eigenvalue weighted by molar-refractivity contribution is 0.559. The normalized spacial score (nSPS) is 20.0. The molecule has 0 aromatic heterocycles. The van der Waals surface area contributed by atoms with Crippen molar-refractivity contribution in [1.29, 1.82) is 0 Å². The summed E-state index contributed by atoms with van der Waals surface area (Å²) in [5, 5.41) is 4.33. The molecule has 1 N–H and O–H groups in total. The second-order valence-corrected chi connectivity index (χ2v) is 4.92. The van der Waals surface area contributed by atoms with Gasteiger partial charge in [-0.05, 0) is 44.0 Å². The highest BCUT2D eigenvalue weighted by Gasteiger charge is 2.14. The third-order valence-electron chi connectivity index (χ3n) is 3.22. The van der Waals surface area contributed by atoms with Crippen LogP contribution in [0, 0.1) is 0 Å². The molecule has 0 radical (unpaired) electrons. The van der Waals surface area contributed by atoms with Crippen molar-refractivity contribution in [1.82, 2.24) is 5.32 Å². The van der Waals surface area contributed by atoms with E-state index in [9.17, 15) is 0 Å². The molecule has 0 bridgehead atoms. The van der Waals surface area contributed by atoms with Gasteiger partial charge in [0.2, 0.25) is 0 Å². The SMILES string of the molecule is CN(CCC1CCCN1)c1cccc(Cl)c1. The molecule has 3 heteroatoms. The number of benzene rings is 1. The fraction of sp³-hybridized carbons (Fsp3) is 0.538. The van der Waals surface area contributed by atoms with Crippen molar-refractivity contribution in [3.63, 3.8) is 0 Å². The minimum atomic E-state index is 0.710. The lowest BCUT2D eigenvalue weighted by Crippen LogP contribution is -2.28. The van der Waals surface area contributed by atoms with Gasteiger partial charge in [-0.25, -0.2) is 0 Å². The Kier molecular flexibility index (Phi) is 4.08. The Hall–Kier alpha value is -0.730. The molecule has 1 unspecified atom stereocenters. The standard InChI is InChI=1S/C13H19ClN2/c1-16(9-7-12-5-3-8-15-12)13-6-2-4-11(14)10-13/h2,4,6,10,12,15H,3,5,7-9H2,1H3. The molecule has 1 aliphatic rings. The zero-order valence-electron chi connectivity index (χ0n) is 9.75. The molecule has 1 saturated heterocycles. The van der Waals surface area contributed by atoms with E-state index in [0.29, 0.717) is 6.04 Å². The van der Waals surface area contributed by atoms with E-state index in [1.807, 2.05) is 18.2 Å². The van der Waals surface area contributed by atoms with Gasteiger partial charge in [0.25, 0.3) is 0 Å². The van der Waals surface area contributed by atoms with Gasteiger partial charge in [-0.15, -0.1) is 0 Å². The first-order valence-electron chi connectivity index (χ1n) is 5.96. The Labute approximate surface area is 103 Å². The van der Waals surface area contributed by atoms with Crippen molar-refractivity contribution >= 4 is 17.3 Å². The number of nitrogens with zero attached hydrogens (tertiary/aromatic N) is 1. The Balaban J connectivity index is 1.85. The minimum Gasteiger partial charge on any atom is -0.374 e. The molecule has 0 spiro atoms. The van der Waals surface area contributed by atoms with E-state index in [1.165, 1.54) is 31.5 Å². The van der Waals surface area contributed by atoms with E-state index >= 15 is 0 Å². The zero-order valence-corrected chi connectivity index (χ0v) is 10.5. The molecule has 1 aromatic rings. The van der Waals surface area contributed by atoms with Crippen molar-refractivity contribution in [2.75, 3.05) is 25.0 Å². The predicted molar refractivity (Wildman–Crippen MR) is 70.4 cm³/mol. The van der Waals surface area contributed by atoms with E-state index in [1.54, 1.807) is 0 Å². The Morgan fingerprint density at radius 1 is 1.50 bits per heavy atom. The van der Waals surface area contributed by atoms with Crippen LogP contribution in [0.15, 0.2) is 24.3 Å². The Morgan fingerprint density at radius 3 is 3.06 bits per heavy atom. The molecule has 2 rings (SSSR count). The lowest BCUT2D eigenvalue weighted by atomic mass is 10.1. The summed E-state index contributed by atoms with van der Waals surface area (Å²) in [6.07, 6.45) is 3.86. The summed E-state index contributed by atoms with van der Waals surface area (Å²) in [6.45, 7) is 2.27. The Bertz CT molecular complexity index is 334. The quantitative estimate of drug-likeness (QED) is 0.868. The molecule has 0 saturated carbocycles. The van der Waals surface area contributed by atoms with Crippen LogP contribution < -0.4 is 10.2 Å². The summed E-state index contributed by atoms with van der Waals surface area (Å²) < 4.78 is 0. The van der Waals surface area contributed by atoms with Gasteiger partial charge in [0.05, 0.1) is 0 Å². The van der Waals surface area contributed by atoms with Crippen molar-refractivity contribution in [3.8, 4) is 0 Å². The van der Waals surface area contributed by atoms with Crippen LogP contribution in [0.1, 0.15) is 19.3 Å². The van der Waals surface area contributed by atoms with E-state index in [-0.39, 0.29) is 0 Å². The molecule has 2 nitrogen and oxygen atoms in total. The van der Waals surface area contributed by atoms with Gasteiger partial charge in [-0.2, -0.15) is 0 Å². The average Bonchev–Trinajstić information content (AvgIpc) is 2.78. The van der Waals surface area contributed by atoms with Gasteiger partial charge in [0.15, 0.2) is 0 Å². The second kappa shape index (κ2) is 5.55. The lowest BCUT2D eigenvalue weighted by Gasteiger charge is -2.21. The van der Waals surface area contributed by atoms with E-state index in [2.05, 4.69) is 23.3 Å². The number of nitrogens with one attached hydrogen (secondary N) is 1. The predicted octanol–water partition coefficient (Wildman–Crippen LogP) is 2.92. The van der Waals surface area contributed by atoms with Gasteiger partial charge in [-0.1, -0.05) is 17.7 Å². The second-order valence-electron chi connectivity index (χ2n) is 4.48.